The van der Waals surface area contributed by atoms with Gasteiger partial charge in [0, 0.05) is 25.7 Å². The van der Waals surface area contributed by atoms with Crippen molar-refractivity contribution in [1.29, 1.82) is 0 Å². The maximum Gasteiger partial charge on any atom is 0.236 e. The van der Waals surface area contributed by atoms with Crippen LogP contribution in [0.2, 0.25) is 0 Å². The molecule has 0 aliphatic carbocycles. The summed E-state index contributed by atoms with van der Waals surface area (Å²) in [6.45, 7) is 6.53. The van der Waals surface area contributed by atoms with Crippen LogP contribution in [0.25, 0.3) is 11.4 Å². The first-order chi connectivity index (χ1) is 11.6. The van der Waals surface area contributed by atoms with Gasteiger partial charge in [0.05, 0.1) is 18.5 Å². The van der Waals surface area contributed by atoms with Crippen LogP contribution in [0.4, 0.5) is 0 Å². The molecule has 1 aliphatic rings. The minimum absolute atomic E-state index is 0.128. The Balaban J connectivity index is 1.71. The van der Waals surface area contributed by atoms with Gasteiger partial charge in [0.1, 0.15) is 0 Å². The van der Waals surface area contributed by atoms with E-state index in [1.54, 1.807) is 0 Å². The third-order valence-electron chi connectivity index (χ3n) is 4.10. The number of rotatable bonds is 4. The molecule has 1 aromatic heterocycles. The molecule has 1 atom stereocenters. The molecule has 1 aromatic carbocycles. The van der Waals surface area contributed by atoms with Crippen molar-refractivity contribution in [2.24, 2.45) is 7.05 Å². The quantitative estimate of drug-likeness (QED) is 0.794. The standard InChI is InChI=1S/C17H22N4O2S/c1-12-4-6-14(7-5-12)15-18-19-17(20(15)3)24-13(2)16(22)21-8-10-23-11-9-21/h4-7,13H,8-11H2,1-3H3. The number of nitrogens with zero attached hydrogens (tertiary/aromatic N) is 4. The molecule has 2 heterocycles. The highest BCUT2D eigenvalue weighted by Crippen LogP contribution is 2.26. The molecule has 1 aliphatic heterocycles. The number of carbonyl (C=O) groups is 1. The van der Waals surface area contributed by atoms with Crippen molar-refractivity contribution < 1.29 is 9.53 Å². The lowest BCUT2D eigenvalue weighted by atomic mass is 10.1. The molecule has 1 saturated heterocycles. The molecule has 0 radical (unpaired) electrons. The highest BCUT2D eigenvalue weighted by molar-refractivity contribution is 8.00. The molecule has 7 heteroatoms. The van der Waals surface area contributed by atoms with Gasteiger partial charge in [0.15, 0.2) is 11.0 Å². The monoisotopic (exact) mass is 346 g/mol. The van der Waals surface area contributed by atoms with Crippen molar-refractivity contribution in [1.82, 2.24) is 19.7 Å². The van der Waals surface area contributed by atoms with Crippen LogP contribution in [0.5, 0.6) is 0 Å². The van der Waals surface area contributed by atoms with Crippen LogP contribution in [-0.4, -0.2) is 57.1 Å². The molecule has 2 aromatic rings. The lowest BCUT2D eigenvalue weighted by Crippen LogP contribution is -2.44. The SMILES string of the molecule is Cc1ccc(-c2nnc(SC(C)C(=O)N3CCOCC3)n2C)cc1. The van der Waals surface area contributed by atoms with Gasteiger partial charge in [-0.1, -0.05) is 41.6 Å². The summed E-state index contributed by atoms with van der Waals surface area (Å²) in [6, 6.07) is 8.19. The molecule has 6 nitrogen and oxygen atoms in total. The van der Waals surface area contributed by atoms with Crippen molar-refractivity contribution in [3.8, 4) is 11.4 Å². The van der Waals surface area contributed by atoms with Gasteiger partial charge in [-0.3, -0.25) is 4.79 Å². The Morgan fingerprint density at radius 3 is 2.54 bits per heavy atom. The lowest BCUT2D eigenvalue weighted by Gasteiger charge is -2.28. The second kappa shape index (κ2) is 7.36. The summed E-state index contributed by atoms with van der Waals surface area (Å²) in [6.07, 6.45) is 0. The molecule has 0 saturated carbocycles. The zero-order valence-electron chi connectivity index (χ0n) is 14.2. The Labute approximate surface area is 146 Å². The van der Waals surface area contributed by atoms with E-state index in [0.29, 0.717) is 26.3 Å². The summed E-state index contributed by atoms with van der Waals surface area (Å²) < 4.78 is 7.24. The summed E-state index contributed by atoms with van der Waals surface area (Å²) >= 11 is 1.45. The van der Waals surface area contributed by atoms with Gasteiger partial charge in [-0.15, -0.1) is 10.2 Å². The van der Waals surface area contributed by atoms with Gasteiger partial charge in [-0.2, -0.15) is 0 Å². The number of morpholine rings is 1. The highest BCUT2D eigenvalue weighted by Gasteiger charge is 2.25. The molecular formula is C17H22N4O2S. The Kier molecular flexibility index (Phi) is 5.20. The average molecular weight is 346 g/mol. The third-order valence-corrected chi connectivity index (χ3v) is 5.22. The molecular weight excluding hydrogens is 324 g/mol. The Morgan fingerprint density at radius 1 is 1.21 bits per heavy atom. The largest absolute Gasteiger partial charge is 0.378 e. The molecule has 0 N–H and O–H groups in total. The van der Waals surface area contributed by atoms with Crippen LogP contribution in [-0.2, 0) is 16.6 Å². The van der Waals surface area contributed by atoms with E-state index in [-0.39, 0.29) is 11.2 Å². The zero-order valence-corrected chi connectivity index (χ0v) is 15.0. The topological polar surface area (TPSA) is 60.3 Å². The van der Waals surface area contributed by atoms with Crippen molar-refractivity contribution in [3.63, 3.8) is 0 Å². The molecule has 1 fully saturated rings. The molecule has 3 rings (SSSR count). The first-order valence-electron chi connectivity index (χ1n) is 8.06. The van der Waals surface area contributed by atoms with Crippen LogP contribution < -0.4 is 0 Å². The summed E-state index contributed by atoms with van der Waals surface area (Å²) in [4.78, 5) is 14.4. The third kappa shape index (κ3) is 3.62. The molecule has 1 unspecified atom stereocenters. The van der Waals surface area contributed by atoms with Gasteiger partial charge in [0.25, 0.3) is 0 Å². The van der Waals surface area contributed by atoms with Gasteiger partial charge < -0.3 is 14.2 Å². The van der Waals surface area contributed by atoms with Crippen LogP contribution in [0.15, 0.2) is 29.4 Å². The Hall–Kier alpha value is -1.86. The van der Waals surface area contributed by atoms with Crippen molar-refractivity contribution in [2.45, 2.75) is 24.3 Å². The minimum atomic E-state index is -0.197. The van der Waals surface area contributed by atoms with Gasteiger partial charge >= 0.3 is 0 Å². The van der Waals surface area contributed by atoms with E-state index in [0.717, 1.165) is 16.5 Å². The van der Waals surface area contributed by atoms with Crippen LogP contribution in [0.1, 0.15) is 12.5 Å². The van der Waals surface area contributed by atoms with E-state index in [1.807, 2.05) is 35.6 Å². The predicted octanol–water partition coefficient (Wildman–Crippen LogP) is 2.13. The summed E-state index contributed by atoms with van der Waals surface area (Å²) in [5, 5.41) is 9.10. The number of aromatic nitrogens is 3. The number of hydrogen-bond donors (Lipinski definition) is 0. The molecule has 24 heavy (non-hydrogen) atoms. The normalized spacial score (nSPS) is 16.2. The van der Waals surface area contributed by atoms with Gasteiger partial charge in [-0.05, 0) is 13.8 Å². The number of ether oxygens (including phenoxy) is 1. The maximum absolute atomic E-state index is 12.5. The van der Waals surface area contributed by atoms with Crippen molar-refractivity contribution in [3.05, 3.63) is 29.8 Å². The maximum atomic E-state index is 12.5. The highest BCUT2D eigenvalue weighted by atomic mass is 32.2. The Bertz CT molecular complexity index is 708. The van der Waals surface area contributed by atoms with Crippen molar-refractivity contribution in [2.75, 3.05) is 26.3 Å². The first-order valence-corrected chi connectivity index (χ1v) is 8.94. The molecule has 1 amide bonds. The van der Waals surface area contributed by atoms with Gasteiger partial charge in [-0.25, -0.2) is 0 Å². The number of aryl methyl sites for hydroxylation is 1. The van der Waals surface area contributed by atoms with E-state index < -0.39 is 0 Å². The first kappa shape index (κ1) is 17.0. The lowest BCUT2D eigenvalue weighted by molar-refractivity contribution is -0.134. The van der Waals surface area contributed by atoms with E-state index in [4.69, 9.17) is 4.74 Å². The minimum Gasteiger partial charge on any atom is -0.378 e. The van der Waals surface area contributed by atoms with Crippen molar-refractivity contribution >= 4 is 17.7 Å². The van der Waals surface area contributed by atoms with Crippen LogP contribution in [0, 0.1) is 6.92 Å². The number of benzene rings is 1. The summed E-state index contributed by atoms with van der Waals surface area (Å²) in [5.74, 6) is 0.937. The average Bonchev–Trinajstić information content (AvgIpc) is 2.96. The van der Waals surface area contributed by atoms with E-state index in [9.17, 15) is 4.79 Å². The van der Waals surface area contributed by atoms with Gasteiger partial charge in [0.2, 0.25) is 5.91 Å². The van der Waals surface area contributed by atoms with Crippen LogP contribution >= 0.6 is 11.8 Å². The number of thioether (sulfide) groups is 1. The summed E-state index contributed by atoms with van der Waals surface area (Å²) in [5.41, 5.74) is 2.23. The van der Waals surface area contributed by atoms with Crippen LogP contribution in [0.3, 0.4) is 0 Å². The zero-order chi connectivity index (χ0) is 17.1. The second-order valence-electron chi connectivity index (χ2n) is 5.93. The number of amides is 1. The Morgan fingerprint density at radius 2 is 1.88 bits per heavy atom. The smallest absolute Gasteiger partial charge is 0.236 e. The fourth-order valence-electron chi connectivity index (χ4n) is 2.62. The summed E-state index contributed by atoms with van der Waals surface area (Å²) in [7, 11) is 1.93. The molecule has 0 bridgehead atoms. The van der Waals surface area contributed by atoms with E-state index >= 15 is 0 Å². The second-order valence-corrected chi connectivity index (χ2v) is 7.24. The molecule has 0 spiro atoms. The number of carbonyl (C=O) groups excluding carboxylic acids is 1. The van der Waals surface area contributed by atoms with E-state index in [1.165, 1.54) is 17.3 Å². The van der Waals surface area contributed by atoms with E-state index in [2.05, 4.69) is 29.3 Å². The molecule has 128 valence electrons. The fraction of sp³-hybridized carbons (Fsp3) is 0.471. The fourth-order valence-corrected chi connectivity index (χ4v) is 3.52. The number of hydrogen-bond acceptors (Lipinski definition) is 5. The predicted molar refractivity (Wildman–Crippen MR) is 93.9 cm³/mol.